The van der Waals surface area contributed by atoms with E-state index >= 15 is 0 Å². The number of sulfone groups is 1. The third-order valence-corrected chi connectivity index (χ3v) is 5.41. The zero-order chi connectivity index (χ0) is 12.8. The average molecular weight is 258 g/mol. The van der Waals surface area contributed by atoms with E-state index < -0.39 is 9.84 Å². The van der Waals surface area contributed by atoms with Crippen molar-refractivity contribution in [3.63, 3.8) is 0 Å². The first-order valence-electron chi connectivity index (χ1n) is 6.07. The van der Waals surface area contributed by atoms with Crippen molar-refractivity contribution in [1.29, 1.82) is 0 Å². The molecule has 0 N–H and O–H groups in total. The Morgan fingerprint density at radius 3 is 2.50 bits per heavy atom. The largest absolute Gasteiger partial charge is 0.218 e. The highest BCUT2D eigenvalue weighted by Gasteiger charge is 2.28. The van der Waals surface area contributed by atoms with E-state index in [9.17, 15) is 8.42 Å². The fraction of sp³-hybridized carbons (Fsp3) is 0.200. The molecule has 0 radical (unpaired) electrons. The number of fused-ring (bicyclic) bond motifs is 2. The molecule has 2 nitrogen and oxygen atoms in total. The third-order valence-electron chi connectivity index (χ3n) is 3.47. The van der Waals surface area contributed by atoms with E-state index in [1.807, 2.05) is 37.3 Å². The minimum atomic E-state index is -3.33. The van der Waals surface area contributed by atoms with Gasteiger partial charge >= 0.3 is 0 Å². The van der Waals surface area contributed by atoms with Gasteiger partial charge in [0, 0.05) is 6.42 Å². The van der Waals surface area contributed by atoms with E-state index in [4.69, 9.17) is 0 Å². The second-order valence-electron chi connectivity index (χ2n) is 4.58. The van der Waals surface area contributed by atoms with Crippen molar-refractivity contribution >= 4 is 9.84 Å². The number of aryl methyl sites for hydroxylation is 1. The predicted octanol–water partition coefficient (Wildman–Crippen LogP) is 2.99. The highest BCUT2D eigenvalue weighted by Crippen LogP contribution is 2.34. The summed E-state index contributed by atoms with van der Waals surface area (Å²) in [6.07, 6.45) is 1.55. The zero-order valence-electron chi connectivity index (χ0n) is 10.2. The van der Waals surface area contributed by atoms with E-state index in [-0.39, 0.29) is 0 Å². The van der Waals surface area contributed by atoms with Crippen LogP contribution in [0.3, 0.4) is 0 Å². The van der Waals surface area contributed by atoms with E-state index in [2.05, 4.69) is 0 Å². The molecule has 3 heteroatoms. The number of rotatable bonds is 1. The Morgan fingerprint density at radius 2 is 1.72 bits per heavy atom. The standard InChI is InChI=1S/C15H14O2S/c1-2-11-7-8-13-10-12-5-3-4-6-14(12)18(16,17)15(13)9-11/h3-9H,2,10H2,1H3. The molecule has 1 heterocycles. The van der Waals surface area contributed by atoms with E-state index in [0.29, 0.717) is 16.2 Å². The summed E-state index contributed by atoms with van der Waals surface area (Å²) in [5, 5.41) is 0. The highest BCUT2D eigenvalue weighted by atomic mass is 32.2. The van der Waals surface area contributed by atoms with Crippen LogP contribution in [0.15, 0.2) is 52.3 Å². The zero-order valence-corrected chi connectivity index (χ0v) is 11.0. The Bertz CT molecular complexity index is 715. The molecule has 1 aliphatic heterocycles. The smallest absolute Gasteiger partial charge is 0.207 e. The minimum absolute atomic E-state index is 0.464. The van der Waals surface area contributed by atoms with Crippen LogP contribution in [0.5, 0.6) is 0 Å². The quantitative estimate of drug-likeness (QED) is 0.672. The first-order valence-corrected chi connectivity index (χ1v) is 7.56. The summed E-state index contributed by atoms with van der Waals surface area (Å²) in [5.74, 6) is 0. The van der Waals surface area contributed by atoms with Gasteiger partial charge in [-0.15, -0.1) is 0 Å². The molecule has 92 valence electrons. The fourth-order valence-electron chi connectivity index (χ4n) is 2.45. The normalized spacial score (nSPS) is 15.8. The maximum absolute atomic E-state index is 12.6. The van der Waals surface area contributed by atoms with Crippen LogP contribution < -0.4 is 0 Å². The van der Waals surface area contributed by atoms with Gasteiger partial charge in [-0.3, -0.25) is 0 Å². The Balaban J connectivity index is 2.29. The molecule has 0 amide bonds. The molecule has 0 saturated heterocycles. The highest BCUT2D eigenvalue weighted by molar-refractivity contribution is 7.91. The van der Waals surface area contributed by atoms with Gasteiger partial charge < -0.3 is 0 Å². The van der Waals surface area contributed by atoms with Gasteiger partial charge in [0.2, 0.25) is 9.84 Å². The lowest BCUT2D eigenvalue weighted by molar-refractivity contribution is 0.591. The number of benzene rings is 2. The molecule has 2 aromatic carbocycles. The summed E-state index contributed by atoms with van der Waals surface area (Å²) in [6, 6.07) is 13.0. The molecule has 0 saturated carbocycles. The van der Waals surface area contributed by atoms with Crippen LogP contribution in [0.2, 0.25) is 0 Å². The molecule has 0 aliphatic carbocycles. The molecule has 0 aromatic heterocycles. The molecular formula is C15H14O2S. The lowest BCUT2D eigenvalue weighted by atomic mass is 10.0. The van der Waals surface area contributed by atoms with Gasteiger partial charge in [-0.2, -0.15) is 0 Å². The molecular weight excluding hydrogens is 244 g/mol. The van der Waals surface area contributed by atoms with Crippen molar-refractivity contribution in [2.24, 2.45) is 0 Å². The summed E-state index contributed by atoms with van der Waals surface area (Å²) in [4.78, 5) is 0.950. The van der Waals surface area contributed by atoms with Crippen molar-refractivity contribution in [3.05, 3.63) is 59.2 Å². The van der Waals surface area contributed by atoms with Gasteiger partial charge in [0.25, 0.3) is 0 Å². The van der Waals surface area contributed by atoms with Gasteiger partial charge in [0.05, 0.1) is 9.79 Å². The maximum atomic E-state index is 12.6. The van der Waals surface area contributed by atoms with Gasteiger partial charge in [-0.05, 0) is 35.2 Å². The van der Waals surface area contributed by atoms with Gasteiger partial charge in [-0.1, -0.05) is 37.3 Å². The van der Waals surface area contributed by atoms with Crippen LogP contribution in [0.4, 0.5) is 0 Å². The molecule has 0 spiro atoms. The van der Waals surface area contributed by atoms with E-state index in [1.165, 1.54) is 0 Å². The van der Waals surface area contributed by atoms with Crippen molar-refractivity contribution in [2.45, 2.75) is 29.6 Å². The van der Waals surface area contributed by atoms with Crippen LogP contribution >= 0.6 is 0 Å². The van der Waals surface area contributed by atoms with Crippen molar-refractivity contribution in [2.75, 3.05) is 0 Å². The third kappa shape index (κ3) is 1.58. The van der Waals surface area contributed by atoms with Gasteiger partial charge in [0.15, 0.2) is 0 Å². The first kappa shape index (κ1) is 11.5. The van der Waals surface area contributed by atoms with E-state index in [1.54, 1.807) is 12.1 Å². The molecule has 0 unspecified atom stereocenters. The lowest BCUT2D eigenvalue weighted by Gasteiger charge is -2.20. The van der Waals surface area contributed by atoms with Crippen molar-refractivity contribution in [1.82, 2.24) is 0 Å². The van der Waals surface area contributed by atoms with Crippen molar-refractivity contribution < 1.29 is 8.42 Å². The molecule has 1 aliphatic rings. The van der Waals surface area contributed by atoms with Crippen LogP contribution in [0, 0.1) is 0 Å². The second kappa shape index (κ2) is 3.95. The molecule has 18 heavy (non-hydrogen) atoms. The van der Waals surface area contributed by atoms with Gasteiger partial charge in [0.1, 0.15) is 0 Å². The molecule has 0 bridgehead atoms. The van der Waals surface area contributed by atoms with Crippen molar-refractivity contribution in [3.8, 4) is 0 Å². The molecule has 2 aromatic rings. The summed E-state index contributed by atoms with van der Waals surface area (Å²) < 4.78 is 25.1. The summed E-state index contributed by atoms with van der Waals surface area (Å²) in [7, 11) is -3.33. The maximum Gasteiger partial charge on any atom is 0.207 e. The minimum Gasteiger partial charge on any atom is -0.218 e. The second-order valence-corrected chi connectivity index (χ2v) is 6.47. The predicted molar refractivity (Wildman–Crippen MR) is 70.5 cm³/mol. The van der Waals surface area contributed by atoms with E-state index in [0.717, 1.165) is 23.1 Å². The van der Waals surface area contributed by atoms with Crippen LogP contribution in [-0.4, -0.2) is 8.42 Å². The summed E-state index contributed by atoms with van der Waals surface area (Å²) >= 11 is 0. The number of hydrogen-bond acceptors (Lipinski definition) is 2. The topological polar surface area (TPSA) is 34.1 Å². The SMILES string of the molecule is CCc1ccc2c(c1)S(=O)(=O)c1ccccc1C2. The Morgan fingerprint density at radius 1 is 1.00 bits per heavy atom. The number of hydrogen-bond donors (Lipinski definition) is 0. The molecule has 0 fully saturated rings. The monoisotopic (exact) mass is 258 g/mol. The summed E-state index contributed by atoms with van der Waals surface area (Å²) in [6.45, 7) is 2.03. The first-order chi connectivity index (χ1) is 8.63. The Kier molecular flexibility index (Phi) is 2.52. The lowest BCUT2D eigenvalue weighted by Crippen LogP contribution is -2.14. The van der Waals surface area contributed by atoms with Crippen LogP contribution in [0.25, 0.3) is 0 Å². The fourth-order valence-corrected chi connectivity index (χ4v) is 4.22. The molecule has 3 rings (SSSR count). The van der Waals surface area contributed by atoms with Gasteiger partial charge in [-0.25, -0.2) is 8.42 Å². The molecule has 0 atom stereocenters. The average Bonchev–Trinajstić information content (AvgIpc) is 2.39. The van der Waals surface area contributed by atoms with Crippen LogP contribution in [0.1, 0.15) is 23.6 Å². The Labute approximate surface area is 107 Å². The summed E-state index contributed by atoms with van der Waals surface area (Å²) in [5.41, 5.74) is 2.87. The van der Waals surface area contributed by atoms with Crippen LogP contribution in [-0.2, 0) is 22.7 Å². The Hall–Kier alpha value is -1.61.